The lowest BCUT2D eigenvalue weighted by Crippen LogP contribution is -2.09. The number of nitrogens with two attached hydrogens (primary N) is 1. The standard InChI is InChI=1S/C14H17ClN4O2/c1-8(16)14-9(2)17-18(10(14)3)7-11-4-5-12(15)6-13(11)19(20)21/h4-6,8H,7,16H2,1-3H3. The summed E-state index contributed by atoms with van der Waals surface area (Å²) in [5, 5.41) is 15.9. The Kier molecular flexibility index (Phi) is 4.29. The largest absolute Gasteiger partial charge is 0.324 e. The number of nitro groups is 1. The van der Waals surface area contributed by atoms with Crippen molar-refractivity contribution in [3.8, 4) is 0 Å². The number of aromatic nitrogens is 2. The highest BCUT2D eigenvalue weighted by molar-refractivity contribution is 6.30. The molecule has 1 heterocycles. The van der Waals surface area contributed by atoms with Gasteiger partial charge in [-0.25, -0.2) is 0 Å². The van der Waals surface area contributed by atoms with Crippen LogP contribution in [0.2, 0.25) is 5.02 Å². The lowest BCUT2D eigenvalue weighted by Gasteiger charge is -2.08. The molecular weight excluding hydrogens is 292 g/mol. The Hall–Kier alpha value is -1.92. The quantitative estimate of drug-likeness (QED) is 0.694. The van der Waals surface area contributed by atoms with Crippen molar-refractivity contribution >= 4 is 17.3 Å². The zero-order valence-electron chi connectivity index (χ0n) is 12.1. The lowest BCUT2D eigenvalue weighted by molar-refractivity contribution is -0.385. The number of nitrogens with zero attached hydrogens (tertiary/aromatic N) is 3. The number of aryl methyl sites for hydroxylation is 1. The summed E-state index contributed by atoms with van der Waals surface area (Å²) in [5.41, 5.74) is 9.25. The maximum atomic E-state index is 11.1. The lowest BCUT2D eigenvalue weighted by atomic mass is 10.1. The van der Waals surface area contributed by atoms with Crippen LogP contribution in [-0.4, -0.2) is 14.7 Å². The molecule has 0 saturated heterocycles. The van der Waals surface area contributed by atoms with E-state index in [0.29, 0.717) is 17.1 Å². The Labute approximate surface area is 127 Å². The van der Waals surface area contributed by atoms with E-state index < -0.39 is 4.92 Å². The summed E-state index contributed by atoms with van der Waals surface area (Å²) < 4.78 is 1.74. The minimum absolute atomic E-state index is 0.00241. The fourth-order valence-electron chi connectivity index (χ4n) is 2.53. The second kappa shape index (κ2) is 5.83. The second-order valence-electron chi connectivity index (χ2n) is 5.06. The van der Waals surface area contributed by atoms with Gasteiger partial charge in [-0.1, -0.05) is 11.6 Å². The molecule has 1 unspecified atom stereocenters. The van der Waals surface area contributed by atoms with Crippen LogP contribution >= 0.6 is 11.6 Å². The van der Waals surface area contributed by atoms with Crippen LogP contribution in [-0.2, 0) is 6.54 Å². The zero-order chi connectivity index (χ0) is 15.7. The Morgan fingerprint density at radius 1 is 1.48 bits per heavy atom. The van der Waals surface area contributed by atoms with Gasteiger partial charge in [0.2, 0.25) is 0 Å². The van der Waals surface area contributed by atoms with Gasteiger partial charge in [-0.3, -0.25) is 14.8 Å². The van der Waals surface area contributed by atoms with Gasteiger partial charge in [-0.2, -0.15) is 5.10 Å². The first kappa shape index (κ1) is 15.5. The van der Waals surface area contributed by atoms with E-state index in [1.807, 2.05) is 20.8 Å². The van der Waals surface area contributed by atoms with Crippen LogP contribution in [0.15, 0.2) is 18.2 Å². The van der Waals surface area contributed by atoms with E-state index in [1.54, 1.807) is 16.8 Å². The van der Waals surface area contributed by atoms with Gasteiger partial charge in [0.05, 0.1) is 22.7 Å². The van der Waals surface area contributed by atoms with E-state index >= 15 is 0 Å². The van der Waals surface area contributed by atoms with Crippen LogP contribution in [0.5, 0.6) is 0 Å². The van der Waals surface area contributed by atoms with E-state index in [4.69, 9.17) is 17.3 Å². The van der Waals surface area contributed by atoms with Crippen molar-refractivity contribution in [2.75, 3.05) is 0 Å². The van der Waals surface area contributed by atoms with Crippen LogP contribution < -0.4 is 5.73 Å². The molecule has 0 amide bonds. The van der Waals surface area contributed by atoms with Gasteiger partial charge in [0.15, 0.2) is 0 Å². The molecule has 6 nitrogen and oxygen atoms in total. The molecule has 2 rings (SSSR count). The van der Waals surface area contributed by atoms with Crippen LogP contribution in [0.3, 0.4) is 0 Å². The van der Waals surface area contributed by atoms with Gasteiger partial charge < -0.3 is 5.73 Å². The minimum atomic E-state index is -0.431. The van der Waals surface area contributed by atoms with Crippen molar-refractivity contribution in [2.45, 2.75) is 33.4 Å². The van der Waals surface area contributed by atoms with Crippen LogP contribution in [0.1, 0.15) is 35.5 Å². The fraction of sp³-hybridized carbons (Fsp3) is 0.357. The molecule has 7 heteroatoms. The summed E-state index contributed by atoms with van der Waals surface area (Å²) in [4.78, 5) is 10.7. The van der Waals surface area contributed by atoms with Gasteiger partial charge in [-0.05, 0) is 32.9 Å². The molecule has 0 fully saturated rings. The Bertz CT molecular complexity index is 695. The molecule has 1 aromatic heterocycles. The van der Waals surface area contributed by atoms with E-state index in [2.05, 4.69) is 5.10 Å². The molecule has 0 aliphatic rings. The third-order valence-electron chi connectivity index (χ3n) is 3.46. The molecule has 0 radical (unpaired) electrons. The first-order chi connectivity index (χ1) is 9.81. The maximum absolute atomic E-state index is 11.1. The number of halogens is 1. The topological polar surface area (TPSA) is 87.0 Å². The Balaban J connectivity index is 2.44. The number of hydrogen-bond acceptors (Lipinski definition) is 4. The zero-order valence-corrected chi connectivity index (χ0v) is 12.9. The number of hydrogen-bond donors (Lipinski definition) is 1. The highest BCUT2D eigenvalue weighted by Gasteiger charge is 2.19. The first-order valence-electron chi connectivity index (χ1n) is 6.53. The predicted octanol–water partition coefficient (Wildman–Crippen LogP) is 3.13. The van der Waals surface area contributed by atoms with E-state index in [-0.39, 0.29) is 11.7 Å². The molecule has 2 aromatic rings. The van der Waals surface area contributed by atoms with Crippen LogP contribution in [0.4, 0.5) is 5.69 Å². The molecule has 0 bridgehead atoms. The summed E-state index contributed by atoms with van der Waals surface area (Å²) in [6.07, 6.45) is 0. The third kappa shape index (κ3) is 3.06. The Morgan fingerprint density at radius 2 is 2.14 bits per heavy atom. The second-order valence-corrected chi connectivity index (χ2v) is 5.50. The summed E-state index contributed by atoms with van der Waals surface area (Å²) in [5.74, 6) is 0. The fourth-order valence-corrected chi connectivity index (χ4v) is 2.69. The van der Waals surface area contributed by atoms with Gasteiger partial charge in [0.1, 0.15) is 0 Å². The van der Waals surface area contributed by atoms with Gasteiger partial charge in [0, 0.05) is 28.4 Å². The van der Waals surface area contributed by atoms with Crippen LogP contribution in [0, 0.1) is 24.0 Å². The molecule has 0 aliphatic heterocycles. The molecule has 1 atom stereocenters. The average Bonchev–Trinajstić information content (AvgIpc) is 2.66. The van der Waals surface area contributed by atoms with Crippen molar-refractivity contribution in [3.05, 3.63) is 55.9 Å². The van der Waals surface area contributed by atoms with Gasteiger partial charge in [0.25, 0.3) is 5.69 Å². The molecule has 0 saturated carbocycles. The van der Waals surface area contributed by atoms with Crippen molar-refractivity contribution < 1.29 is 4.92 Å². The summed E-state index contributed by atoms with van der Waals surface area (Å²) >= 11 is 5.82. The summed E-state index contributed by atoms with van der Waals surface area (Å²) in [6.45, 7) is 6.01. The molecule has 0 spiro atoms. The first-order valence-corrected chi connectivity index (χ1v) is 6.91. The highest BCUT2D eigenvalue weighted by atomic mass is 35.5. The normalized spacial score (nSPS) is 12.4. The van der Waals surface area contributed by atoms with Crippen molar-refractivity contribution in [3.63, 3.8) is 0 Å². The highest BCUT2D eigenvalue weighted by Crippen LogP contribution is 2.26. The summed E-state index contributed by atoms with van der Waals surface area (Å²) in [6, 6.07) is 4.53. The monoisotopic (exact) mass is 308 g/mol. The molecule has 1 aromatic carbocycles. The van der Waals surface area contributed by atoms with Gasteiger partial charge in [-0.15, -0.1) is 0 Å². The smallest absolute Gasteiger partial charge is 0.275 e. The Morgan fingerprint density at radius 3 is 2.67 bits per heavy atom. The van der Waals surface area contributed by atoms with Gasteiger partial charge >= 0.3 is 0 Å². The van der Waals surface area contributed by atoms with E-state index in [0.717, 1.165) is 17.0 Å². The molecule has 0 aliphatic carbocycles. The van der Waals surface area contributed by atoms with Crippen molar-refractivity contribution in [1.29, 1.82) is 0 Å². The number of benzene rings is 1. The molecule has 21 heavy (non-hydrogen) atoms. The number of nitro benzene ring substituents is 1. The van der Waals surface area contributed by atoms with E-state index in [1.165, 1.54) is 6.07 Å². The minimum Gasteiger partial charge on any atom is -0.324 e. The van der Waals surface area contributed by atoms with Crippen LogP contribution in [0.25, 0.3) is 0 Å². The summed E-state index contributed by atoms with van der Waals surface area (Å²) in [7, 11) is 0. The molecular formula is C14H17ClN4O2. The number of rotatable bonds is 4. The maximum Gasteiger partial charge on any atom is 0.275 e. The van der Waals surface area contributed by atoms with Crippen molar-refractivity contribution in [1.82, 2.24) is 9.78 Å². The third-order valence-corrected chi connectivity index (χ3v) is 3.69. The average molecular weight is 309 g/mol. The SMILES string of the molecule is Cc1nn(Cc2ccc(Cl)cc2[N+](=O)[O-])c(C)c1C(C)N. The molecule has 2 N–H and O–H groups in total. The molecule has 112 valence electrons. The predicted molar refractivity (Wildman–Crippen MR) is 81.5 cm³/mol. The van der Waals surface area contributed by atoms with Crippen molar-refractivity contribution in [2.24, 2.45) is 5.73 Å². The van der Waals surface area contributed by atoms with E-state index in [9.17, 15) is 10.1 Å².